The molecule has 0 radical (unpaired) electrons. The lowest BCUT2D eigenvalue weighted by Crippen LogP contribution is -2.54. The average Bonchev–Trinajstić information content (AvgIpc) is 3.02. The summed E-state index contributed by atoms with van der Waals surface area (Å²) in [5, 5.41) is 5.79. The summed E-state index contributed by atoms with van der Waals surface area (Å²) >= 11 is 0. The summed E-state index contributed by atoms with van der Waals surface area (Å²) in [7, 11) is 1.75. The average molecular weight is 401 g/mol. The number of benzene rings is 1. The Morgan fingerprint density at radius 1 is 1.10 bits per heavy atom. The van der Waals surface area contributed by atoms with Crippen LogP contribution in [0.15, 0.2) is 30.3 Å². The van der Waals surface area contributed by atoms with Crippen molar-refractivity contribution in [2.45, 2.75) is 57.7 Å². The third kappa shape index (κ3) is 5.58. The number of hydrogen-bond acceptors (Lipinski definition) is 4. The summed E-state index contributed by atoms with van der Waals surface area (Å²) < 4.78 is 0. The van der Waals surface area contributed by atoms with Gasteiger partial charge in [0.2, 0.25) is 11.8 Å². The number of carbonyl (C=O) groups excluding carboxylic acids is 2. The van der Waals surface area contributed by atoms with Crippen LogP contribution in [0.4, 0.5) is 0 Å². The van der Waals surface area contributed by atoms with Crippen LogP contribution in [-0.2, 0) is 16.0 Å². The molecule has 29 heavy (non-hydrogen) atoms. The van der Waals surface area contributed by atoms with Gasteiger partial charge in [0, 0.05) is 25.7 Å². The van der Waals surface area contributed by atoms with Crippen LogP contribution in [0.3, 0.4) is 0 Å². The molecule has 2 heterocycles. The van der Waals surface area contributed by atoms with Gasteiger partial charge in [-0.3, -0.25) is 9.59 Å². The summed E-state index contributed by atoms with van der Waals surface area (Å²) in [6.45, 7) is 7.49. The zero-order chi connectivity index (χ0) is 20.8. The fraction of sp³-hybridized carbons (Fsp3) is 0.652. The van der Waals surface area contributed by atoms with Gasteiger partial charge < -0.3 is 20.4 Å². The van der Waals surface area contributed by atoms with Crippen LogP contribution < -0.4 is 10.6 Å². The first-order valence-corrected chi connectivity index (χ1v) is 11.0. The first kappa shape index (κ1) is 21.8. The normalized spacial score (nSPS) is 24.4. The Labute approximate surface area is 175 Å². The highest BCUT2D eigenvalue weighted by atomic mass is 16.2. The minimum absolute atomic E-state index is 0.0547. The first-order valence-electron chi connectivity index (χ1n) is 11.0. The molecular weight excluding hydrogens is 364 g/mol. The number of nitrogens with one attached hydrogen (secondary N) is 2. The van der Waals surface area contributed by atoms with Crippen LogP contribution in [0.25, 0.3) is 0 Å². The number of likely N-dealkylation sites (N-methyl/N-ethyl adjacent to an activating group) is 1. The fourth-order valence-corrected chi connectivity index (χ4v) is 4.62. The van der Waals surface area contributed by atoms with E-state index in [0.29, 0.717) is 5.92 Å². The molecule has 6 heteroatoms. The summed E-state index contributed by atoms with van der Waals surface area (Å²) in [5.41, 5.74) is 1.36. The number of amides is 2. The van der Waals surface area contributed by atoms with Gasteiger partial charge in [0.25, 0.3) is 0 Å². The van der Waals surface area contributed by atoms with E-state index in [1.165, 1.54) is 18.4 Å². The molecule has 2 saturated heterocycles. The summed E-state index contributed by atoms with van der Waals surface area (Å²) in [4.78, 5) is 29.8. The number of hydrogen-bond donors (Lipinski definition) is 2. The van der Waals surface area contributed by atoms with E-state index in [4.69, 9.17) is 0 Å². The van der Waals surface area contributed by atoms with Crippen LogP contribution in [-0.4, -0.2) is 73.0 Å². The predicted molar refractivity (Wildman–Crippen MR) is 116 cm³/mol. The van der Waals surface area contributed by atoms with Gasteiger partial charge >= 0.3 is 0 Å². The van der Waals surface area contributed by atoms with E-state index in [2.05, 4.69) is 45.9 Å². The standard InChI is InChI=1S/C23H36N4O2/c1-17(24-3)22(28)25-18(2)23(29)27-15-12-20-10-7-13-26(16-21(20)27)14-11-19-8-5-4-6-9-19/h4-6,8-9,17-18,20-21,24H,7,10-16H2,1-3H3,(H,25,28)/t17-,18-,20+,21+/m0/s1. The molecule has 0 saturated carbocycles. The highest BCUT2D eigenvalue weighted by Crippen LogP contribution is 2.32. The maximum absolute atomic E-state index is 13.1. The SMILES string of the molecule is CN[C@@H](C)C(=O)N[C@@H](C)C(=O)N1CC[C@H]2CCCN(CCc3ccccc3)C[C@H]21. The van der Waals surface area contributed by atoms with Gasteiger partial charge in [-0.25, -0.2) is 0 Å². The third-order valence-corrected chi connectivity index (χ3v) is 6.58. The molecule has 4 atom stereocenters. The van der Waals surface area contributed by atoms with E-state index in [0.717, 1.165) is 39.0 Å². The highest BCUT2D eigenvalue weighted by molar-refractivity contribution is 5.89. The monoisotopic (exact) mass is 400 g/mol. The van der Waals surface area contributed by atoms with Gasteiger partial charge in [-0.2, -0.15) is 0 Å². The molecule has 6 nitrogen and oxygen atoms in total. The number of carbonyl (C=O) groups is 2. The van der Waals surface area contributed by atoms with E-state index in [9.17, 15) is 9.59 Å². The molecule has 0 unspecified atom stereocenters. The quantitative estimate of drug-likeness (QED) is 0.731. The van der Waals surface area contributed by atoms with E-state index in [-0.39, 0.29) is 23.9 Å². The van der Waals surface area contributed by atoms with Gasteiger partial charge in [-0.05, 0) is 64.6 Å². The van der Waals surface area contributed by atoms with E-state index in [1.807, 2.05) is 4.90 Å². The molecule has 0 spiro atoms. The second-order valence-electron chi connectivity index (χ2n) is 8.57. The molecule has 2 N–H and O–H groups in total. The molecule has 0 bridgehead atoms. The smallest absolute Gasteiger partial charge is 0.245 e. The predicted octanol–water partition coefficient (Wildman–Crippen LogP) is 1.65. The molecule has 1 aromatic carbocycles. The van der Waals surface area contributed by atoms with Crippen LogP contribution in [0.5, 0.6) is 0 Å². The maximum atomic E-state index is 13.1. The van der Waals surface area contributed by atoms with Gasteiger partial charge in [0.15, 0.2) is 0 Å². The van der Waals surface area contributed by atoms with Crippen LogP contribution >= 0.6 is 0 Å². The van der Waals surface area contributed by atoms with E-state index >= 15 is 0 Å². The number of fused-ring (bicyclic) bond motifs is 1. The second-order valence-corrected chi connectivity index (χ2v) is 8.57. The van der Waals surface area contributed by atoms with Crippen molar-refractivity contribution in [1.29, 1.82) is 0 Å². The van der Waals surface area contributed by atoms with E-state index < -0.39 is 6.04 Å². The lowest BCUT2D eigenvalue weighted by Gasteiger charge is -2.33. The molecule has 2 aliphatic heterocycles. The van der Waals surface area contributed by atoms with Gasteiger partial charge in [0.1, 0.15) is 6.04 Å². The van der Waals surface area contributed by atoms with Crippen LogP contribution in [0, 0.1) is 5.92 Å². The summed E-state index contributed by atoms with van der Waals surface area (Å²) in [6, 6.07) is 10.1. The number of rotatable bonds is 7. The Morgan fingerprint density at radius 2 is 1.86 bits per heavy atom. The molecule has 0 aliphatic carbocycles. The lowest BCUT2D eigenvalue weighted by atomic mass is 9.96. The zero-order valence-electron chi connectivity index (χ0n) is 18.1. The minimum atomic E-state index is -0.488. The van der Waals surface area contributed by atoms with Crippen molar-refractivity contribution in [3.05, 3.63) is 35.9 Å². The topological polar surface area (TPSA) is 64.7 Å². The summed E-state index contributed by atoms with van der Waals surface area (Å²) in [6.07, 6.45) is 4.51. The van der Waals surface area contributed by atoms with Crippen molar-refractivity contribution in [1.82, 2.24) is 20.4 Å². The minimum Gasteiger partial charge on any atom is -0.343 e. The van der Waals surface area contributed by atoms with Gasteiger partial charge in [0.05, 0.1) is 6.04 Å². The van der Waals surface area contributed by atoms with Crippen LogP contribution in [0.2, 0.25) is 0 Å². The van der Waals surface area contributed by atoms with Crippen LogP contribution in [0.1, 0.15) is 38.7 Å². The van der Waals surface area contributed by atoms with Crippen molar-refractivity contribution < 1.29 is 9.59 Å². The van der Waals surface area contributed by atoms with E-state index in [1.54, 1.807) is 20.9 Å². The Bertz CT molecular complexity index is 681. The molecule has 3 rings (SSSR count). The second kappa shape index (κ2) is 10.2. The van der Waals surface area contributed by atoms with Gasteiger partial charge in [-0.15, -0.1) is 0 Å². The summed E-state index contributed by atoms with van der Waals surface area (Å²) in [5.74, 6) is 0.508. The molecule has 2 fully saturated rings. The maximum Gasteiger partial charge on any atom is 0.245 e. The Morgan fingerprint density at radius 3 is 2.59 bits per heavy atom. The molecular formula is C23H36N4O2. The third-order valence-electron chi connectivity index (χ3n) is 6.58. The molecule has 160 valence electrons. The van der Waals surface area contributed by atoms with Crippen molar-refractivity contribution in [2.75, 3.05) is 33.2 Å². The number of nitrogens with zero attached hydrogens (tertiary/aromatic N) is 2. The number of likely N-dealkylation sites (tertiary alicyclic amines) is 2. The Kier molecular flexibility index (Phi) is 7.67. The zero-order valence-corrected chi connectivity index (χ0v) is 18.1. The Balaban J connectivity index is 1.59. The molecule has 1 aromatic rings. The van der Waals surface area contributed by atoms with Crippen molar-refractivity contribution in [3.63, 3.8) is 0 Å². The largest absolute Gasteiger partial charge is 0.343 e. The lowest BCUT2D eigenvalue weighted by molar-refractivity contribution is -0.137. The van der Waals surface area contributed by atoms with Crippen molar-refractivity contribution in [3.8, 4) is 0 Å². The highest BCUT2D eigenvalue weighted by Gasteiger charge is 2.40. The van der Waals surface area contributed by atoms with Crippen molar-refractivity contribution in [2.24, 2.45) is 5.92 Å². The molecule has 0 aromatic heterocycles. The van der Waals surface area contributed by atoms with Gasteiger partial charge in [-0.1, -0.05) is 30.3 Å². The fourth-order valence-electron chi connectivity index (χ4n) is 4.62. The van der Waals surface area contributed by atoms with Crippen molar-refractivity contribution >= 4 is 11.8 Å². The molecule has 2 amide bonds. The Hall–Kier alpha value is -1.92. The first-order chi connectivity index (χ1) is 14.0. The molecule has 2 aliphatic rings.